The highest BCUT2D eigenvalue weighted by Crippen LogP contribution is 2.17. The topological polar surface area (TPSA) is 96.7 Å². The normalized spacial score (nSPS) is 11.7. The summed E-state index contributed by atoms with van der Waals surface area (Å²) in [6.45, 7) is 0. The summed E-state index contributed by atoms with van der Waals surface area (Å²) < 4.78 is 15.2. The van der Waals surface area contributed by atoms with Gasteiger partial charge in [-0.25, -0.2) is 4.39 Å². The summed E-state index contributed by atoms with van der Waals surface area (Å²) in [5.74, 6) is -1.24. The first-order valence-corrected chi connectivity index (χ1v) is 5.76. The Bertz CT molecular complexity index is 688. The molecule has 102 valence electrons. The zero-order valence-electron chi connectivity index (χ0n) is 10.7. The highest BCUT2D eigenvalue weighted by Gasteiger charge is 2.18. The van der Waals surface area contributed by atoms with Crippen molar-refractivity contribution in [2.75, 3.05) is 5.32 Å². The minimum Gasteiger partial charge on any atom is -0.322 e. The number of nitrogens with zero attached hydrogens (tertiary/aromatic N) is 3. The maximum absolute atomic E-state index is 13.6. The van der Waals surface area contributed by atoms with Crippen LogP contribution < -0.4 is 11.1 Å². The molecule has 1 unspecified atom stereocenters. The molecule has 20 heavy (non-hydrogen) atoms. The van der Waals surface area contributed by atoms with Crippen LogP contribution in [0.2, 0.25) is 0 Å². The van der Waals surface area contributed by atoms with Crippen molar-refractivity contribution >= 4 is 11.6 Å². The number of carbonyl (C=O) groups excluding carboxylic acids is 1. The second-order valence-corrected chi connectivity index (χ2v) is 4.22. The highest BCUT2D eigenvalue weighted by molar-refractivity contribution is 5.95. The molecule has 7 heteroatoms. The van der Waals surface area contributed by atoms with Gasteiger partial charge in [-0.3, -0.25) is 9.48 Å². The summed E-state index contributed by atoms with van der Waals surface area (Å²) in [6, 6.07) is 4.64. The monoisotopic (exact) mass is 273 g/mol. The smallest absolute Gasteiger partial charge is 0.246 e. The number of hydrogen-bond donors (Lipinski definition) is 2. The van der Waals surface area contributed by atoms with Crippen LogP contribution in [-0.4, -0.2) is 15.7 Å². The van der Waals surface area contributed by atoms with Crippen LogP contribution in [0.25, 0.3) is 0 Å². The molecule has 1 amide bonds. The number of hydrogen-bond acceptors (Lipinski definition) is 4. The van der Waals surface area contributed by atoms with E-state index in [1.165, 1.54) is 23.0 Å². The Morgan fingerprint density at radius 2 is 2.35 bits per heavy atom. The zero-order chi connectivity index (χ0) is 14.7. The van der Waals surface area contributed by atoms with Crippen molar-refractivity contribution in [3.8, 4) is 6.07 Å². The van der Waals surface area contributed by atoms with Crippen molar-refractivity contribution in [1.29, 1.82) is 5.26 Å². The molecule has 0 aliphatic heterocycles. The summed E-state index contributed by atoms with van der Waals surface area (Å²) >= 11 is 0. The molecule has 2 aromatic rings. The van der Waals surface area contributed by atoms with Gasteiger partial charge in [-0.1, -0.05) is 0 Å². The van der Waals surface area contributed by atoms with E-state index >= 15 is 0 Å². The summed E-state index contributed by atoms with van der Waals surface area (Å²) in [7, 11) is 1.70. The molecule has 0 aliphatic rings. The van der Waals surface area contributed by atoms with Crippen LogP contribution in [-0.2, 0) is 11.8 Å². The van der Waals surface area contributed by atoms with Crippen LogP contribution in [0.3, 0.4) is 0 Å². The molecule has 1 aromatic carbocycles. The van der Waals surface area contributed by atoms with Crippen molar-refractivity contribution in [3.05, 3.63) is 47.5 Å². The molecule has 2 rings (SSSR count). The summed E-state index contributed by atoms with van der Waals surface area (Å²) in [4.78, 5) is 11.9. The average Bonchev–Trinajstić information content (AvgIpc) is 2.86. The molecule has 1 atom stereocenters. The van der Waals surface area contributed by atoms with Gasteiger partial charge in [0.05, 0.1) is 23.5 Å². The van der Waals surface area contributed by atoms with Crippen molar-refractivity contribution in [1.82, 2.24) is 9.78 Å². The standard InChI is InChI=1S/C13H12FN5O/c1-19-7-9(6-17-19)12(16)13(20)18-11-3-2-8(5-15)4-10(11)14/h2-4,6-7,12H,16H2,1H3,(H,18,20). The summed E-state index contributed by atoms with van der Waals surface area (Å²) in [5, 5.41) is 14.9. The van der Waals surface area contributed by atoms with Gasteiger partial charge in [0.25, 0.3) is 0 Å². The number of nitrogens with one attached hydrogen (secondary N) is 1. The number of benzene rings is 1. The minimum atomic E-state index is -0.946. The first kappa shape index (κ1) is 13.7. The third-order valence-electron chi connectivity index (χ3n) is 2.72. The third-order valence-corrected chi connectivity index (χ3v) is 2.72. The second kappa shape index (κ2) is 5.50. The lowest BCUT2D eigenvalue weighted by Crippen LogP contribution is -2.27. The van der Waals surface area contributed by atoms with E-state index in [1.807, 2.05) is 6.07 Å². The van der Waals surface area contributed by atoms with Crippen molar-refractivity contribution in [2.24, 2.45) is 12.8 Å². The van der Waals surface area contributed by atoms with Crippen molar-refractivity contribution in [2.45, 2.75) is 6.04 Å². The van der Waals surface area contributed by atoms with Gasteiger partial charge >= 0.3 is 0 Å². The molecular formula is C13H12FN5O. The van der Waals surface area contributed by atoms with Crippen molar-refractivity contribution < 1.29 is 9.18 Å². The Morgan fingerprint density at radius 3 is 2.90 bits per heavy atom. The van der Waals surface area contributed by atoms with E-state index in [0.717, 1.165) is 6.07 Å². The number of anilines is 1. The minimum absolute atomic E-state index is 0.0201. The molecule has 3 N–H and O–H groups in total. The van der Waals surface area contributed by atoms with E-state index in [0.29, 0.717) is 5.56 Å². The molecule has 1 aromatic heterocycles. The van der Waals surface area contributed by atoms with Gasteiger partial charge in [0, 0.05) is 18.8 Å². The van der Waals surface area contributed by atoms with Crippen LogP contribution in [0.4, 0.5) is 10.1 Å². The Kier molecular flexibility index (Phi) is 3.77. The fourth-order valence-corrected chi connectivity index (χ4v) is 1.65. The van der Waals surface area contributed by atoms with Crippen molar-refractivity contribution in [3.63, 3.8) is 0 Å². The van der Waals surface area contributed by atoms with E-state index < -0.39 is 17.8 Å². The highest BCUT2D eigenvalue weighted by atomic mass is 19.1. The third kappa shape index (κ3) is 2.81. The fraction of sp³-hybridized carbons (Fsp3) is 0.154. The summed E-state index contributed by atoms with van der Waals surface area (Å²) in [6.07, 6.45) is 3.08. The van der Waals surface area contributed by atoms with Crippen LogP contribution in [0.1, 0.15) is 17.2 Å². The number of aryl methyl sites for hydroxylation is 1. The second-order valence-electron chi connectivity index (χ2n) is 4.22. The lowest BCUT2D eigenvalue weighted by atomic mass is 10.1. The molecule has 0 saturated carbocycles. The Morgan fingerprint density at radius 1 is 1.60 bits per heavy atom. The van der Waals surface area contributed by atoms with Gasteiger partial charge in [-0.15, -0.1) is 0 Å². The SMILES string of the molecule is Cn1cc(C(N)C(=O)Nc2ccc(C#N)cc2F)cn1. The van der Waals surface area contributed by atoms with Gasteiger partial charge in [-0.05, 0) is 18.2 Å². The summed E-state index contributed by atoms with van der Waals surface area (Å²) in [5.41, 5.74) is 6.45. The maximum Gasteiger partial charge on any atom is 0.246 e. The van der Waals surface area contributed by atoms with E-state index in [-0.39, 0.29) is 11.3 Å². The largest absolute Gasteiger partial charge is 0.322 e. The zero-order valence-corrected chi connectivity index (χ0v) is 10.7. The molecule has 0 saturated heterocycles. The maximum atomic E-state index is 13.6. The number of carbonyl (C=O) groups is 1. The lowest BCUT2D eigenvalue weighted by Gasteiger charge is -2.11. The van der Waals surface area contributed by atoms with Crippen LogP contribution in [0.15, 0.2) is 30.6 Å². The predicted molar refractivity (Wildman–Crippen MR) is 69.9 cm³/mol. The van der Waals surface area contributed by atoms with Crippen LogP contribution in [0.5, 0.6) is 0 Å². The first-order chi connectivity index (χ1) is 9.51. The number of nitriles is 1. The number of rotatable bonds is 3. The quantitative estimate of drug-likeness (QED) is 0.874. The lowest BCUT2D eigenvalue weighted by molar-refractivity contribution is -0.117. The molecule has 6 nitrogen and oxygen atoms in total. The van der Waals surface area contributed by atoms with Crippen LogP contribution >= 0.6 is 0 Å². The van der Waals surface area contributed by atoms with Gasteiger partial charge in [-0.2, -0.15) is 10.4 Å². The molecular weight excluding hydrogens is 261 g/mol. The first-order valence-electron chi connectivity index (χ1n) is 5.76. The average molecular weight is 273 g/mol. The Balaban J connectivity index is 2.14. The van der Waals surface area contributed by atoms with Gasteiger partial charge in [0.15, 0.2) is 0 Å². The molecule has 0 spiro atoms. The predicted octanol–water partition coefficient (Wildman–Crippen LogP) is 1.07. The number of aromatic nitrogens is 2. The van der Waals surface area contributed by atoms with E-state index in [1.54, 1.807) is 13.2 Å². The molecule has 0 fully saturated rings. The Hall–Kier alpha value is -2.72. The Labute approximate surface area is 114 Å². The molecule has 0 aliphatic carbocycles. The molecule has 0 bridgehead atoms. The van der Waals surface area contributed by atoms with Gasteiger partial charge in [0.1, 0.15) is 11.9 Å². The number of nitrogens with two attached hydrogens (primary N) is 1. The number of halogens is 1. The molecule has 0 radical (unpaired) electrons. The fourth-order valence-electron chi connectivity index (χ4n) is 1.65. The van der Waals surface area contributed by atoms with Gasteiger partial charge in [0.2, 0.25) is 5.91 Å². The van der Waals surface area contributed by atoms with E-state index in [2.05, 4.69) is 10.4 Å². The number of amides is 1. The van der Waals surface area contributed by atoms with Crippen LogP contribution in [0, 0.1) is 17.1 Å². The van der Waals surface area contributed by atoms with E-state index in [4.69, 9.17) is 11.0 Å². The van der Waals surface area contributed by atoms with E-state index in [9.17, 15) is 9.18 Å². The molecule has 1 heterocycles. The van der Waals surface area contributed by atoms with Gasteiger partial charge < -0.3 is 11.1 Å².